The number of hydrogen-bond acceptors (Lipinski definition) is 5. The zero-order valence-corrected chi connectivity index (χ0v) is 15.2. The molecule has 1 heterocycles. The molecule has 1 aliphatic heterocycles. The number of carbonyl (C=O) groups is 1. The van der Waals surface area contributed by atoms with Crippen LogP contribution in [0.25, 0.3) is 0 Å². The molecule has 3 aliphatic rings. The molecule has 0 saturated heterocycles. The first-order valence-corrected chi connectivity index (χ1v) is 9.25. The van der Waals surface area contributed by atoms with Crippen LogP contribution < -0.4 is 0 Å². The lowest BCUT2D eigenvalue weighted by Gasteiger charge is -2.60. The van der Waals surface area contributed by atoms with Gasteiger partial charge in [-0.2, -0.15) is 0 Å². The fraction of sp³-hybridized carbons (Fsp3) is 0.750. The van der Waals surface area contributed by atoms with Crippen molar-refractivity contribution in [3.8, 4) is 0 Å². The molecule has 0 aromatic rings. The highest BCUT2D eigenvalue weighted by Crippen LogP contribution is 2.61. The van der Waals surface area contributed by atoms with Crippen molar-refractivity contribution in [3.05, 3.63) is 23.8 Å². The quantitative estimate of drug-likeness (QED) is 0.533. The normalized spacial score (nSPS) is 42.6. The molecular formula is C20H30O5. The van der Waals surface area contributed by atoms with Crippen LogP contribution in [0.1, 0.15) is 46.0 Å². The zero-order valence-electron chi connectivity index (χ0n) is 15.2. The Labute approximate surface area is 149 Å². The molecule has 25 heavy (non-hydrogen) atoms. The van der Waals surface area contributed by atoms with Crippen LogP contribution in [0.2, 0.25) is 0 Å². The van der Waals surface area contributed by atoms with Crippen LogP contribution in [0.3, 0.4) is 0 Å². The maximum atomic E-state index is 11.7. The van der Waals surface area contributed by atoms with Gasteiger partial charge in [-0.25, -0.2) is 4.79 Å². The molecule has 140 valence electrons. The average molecular weight is 350 g/mol. The standard InChI is InChI=1S/C20H30O5/c1-12-4-5-15-19(2,8-6-16(23)20(15,3)11-21)17(12)14(22)10-13-7-9-25-18(13)24/h7,14-17,21-23H,1,4-6,8-11H2,2-3H3/t14?,15-,16+,17-,19+,20-/m0/s1. The van der Waals surface area contributed by atoms with Crippen LogP contribution in [0.15, 0.2) is 23.8 Å². The number of ether oxygens (including phenoxy) is 1. The van der Waals surface area contributed by atoms with E-state index in [-0.39, 0.29) is 42.9 Å². The summed E-state index contributed by atoms with van der Waals surface area (Å²) in [6, 6.07) is 0. The van der Waals surface area contributed by atoms with Gasteiger partial charge in [-0.3, -0.25) is 0 Å². The predicted octanol–water partition coefficient (Wildman–Crippen LogP) is 1.96. The summed E-state index contributed by atoms with van der Waals surface area (Å²) < 4.78 is 4.95. The van der Waals surface area contributed by atoms with E-state index in [9.17, 15) is 20.1 Å². The molecule has 1 unspecified atom stereocenters. The molecule has 0 radical (unpaired) electrons. The molecule has 0 aromatic heterocycles. The van der Waals surface area contributed by atoms with Crippen LogP contribution in [-0.4, -0.2) is 46.7 Å². The van der Waals surface area contributed by atoms with E-state index in [0.717, 1.165) is 24.8 Å². The lowest BCUT2D eigenvalue weighted by molar-refractivity contribution is -0.164. The molecule has 0 spiro atoms. The van der Waals surface area contributed by atoms with Crippen LogP contribution in [0.4, 0.5) is 0 Å². The van der Waals surface area contributed by atoms with E-state index in [4.69, 9.17) is 4.74 Å². The summed E-state index contributed by atoms with van der Waals surface area (Å²) in [5, 5.41) is 31.5. The Hall–Kier alpha value is -1.17. The number of carbonyl (C=O) groups excluding carboxylic acids is 1. The first-order chi connectivity index (χ1) is 11.7. The van der Waals surface area contributed by atoms with E-state index in [1.165, 1.54) is 0 Å². The average Bonchev–Trinajstić information content (AvgIpc) is 2.96. The van der Waals surface area contributed by atoms with Crippen molar-refractivity contribution in [3.63, 3.8) is 0 Å². The van der Waals surface area contributed by atoms with Crippen molar-refractivity contribution in [1.82, 2.24) is 0 Å². The molecule has 0 bridgehead atoms. The minimum absolute atomic E-state index is 0.0683. The maximum absolute atomic E-state index is 11.7. The molecule has 6 atom stereocenters. The topological polar surface area (TPSA) is 87.0 Å². The second-order valence-electron chi connectivity index (χ2n) is 8.55. The SMILES string of the molecule is C=C1CC[C@@H]2[C@](C)(CO)[C@H](O)CC[C@@]2(C)[C@@H]1C(O)CC1=CCOC1=O. The molecule has 3 N–H and O–H groups in total. The van der Waals surface area contributed by atoms with Gasteiger partial charge < -0.3 is 20.1 Å². The Kier molecular flexibility index (Phi) is 4.86. The molecule has 3 rings (SSSR count). The summed E-state index contributed by atoms with van der Waals surface area (Å²) in [4.78, 5) is 11.7. The molecular weight excluding hydrogens is 320 g/mol. The van der Waals surface area contributed by atoms with Gasteiger partial charge in [0, 0.05) is 23.3 Å². The summed E-state index contributed by atoms with van der Waals surface area (Å²) in [5.74, 6) is -0.399. The summed E-state index contributed by atoms with van der Waals surface area (Å²) in [6.45, 7) is 8.53. The third-order valence-electron chi connectivity index (χ3n) is 7.18. The second-order valence-corrected chi connectivity index (χ2v) is 8.55. The lowest BCUT2D eigenvalue weighted by Crippen LogP contribution is -2.59. The molecule has 2 aliphatic carbocycles. The third-order valence-corrected chi connectivity index (χ3v) is 7.18. The molecule has 2 saturated carbocycles. The maximum Gasteiger partial charge on any atom is 0.334 e. The van der Waals surface area contributed by atoms with Crippen LogP contribution in [0.5, 0.6) is 0 Å². The Morgan fingerprint density at radius 2 is 2.12 bits per heavy atom. The van der Waals surface area contributed by atoms with Gasteiger partial charge in [-0.1, -0.05) is 26.0 Å². The van der Waals surface area contributed by atoms with Crippen molar-refractivity contribution >= 4 is 5.97 Å². The van der Waals surface area contributed by atoms with Crippen LogP contribution in [0, 0.1) is 22.7 Å². The van der Waals surface area contributed by atoms with Gasteiger partial charge in [0.05, 0.1) is 18.8 Å². The van der Waals surface area contributed by atoms with E-state index < -0.39 is 17.6 Å². The number of esters is 1. The van der Waals surface area contributed by atoms with E-state index in [1.807, 2.05) is 6.92 Å². The van der Waals surface area contributed by atoms with Gasteiger partial charge in [0.2, 0.25) is 0 Å². The van der Waals surface area contributed by atoms with Gasteiger partial charge in [-0.15, -0.1) is 0 Å². The van der Waals surface area contributed by atoms with Gasteiger partial charge in [0.1, 0.15) is 6.61 Å². The summed E-state index contributed by atoms with van der Waals surface area (Å²) in [5.41, 5.74) is 0.716. The number of rotatable bonds is 4. The smallest absolute Gasteiger partial charge is 0.334 e. The number of cyclic esters (lactones) is 1. The van der Waals surface area contributed by atoms with Crippen molar-refractivity contribution in [2.45, 2.75) is 58.2 Å². The number of aliphatic hydroxyl groups excluding tert-OH is 3. The number of aliphatic hydroxyl groups is 3. The number of fused-ring (bicyclic) bond motifs is 1. The fourth-order valence-corrected chi connectivity index (χ4v) is 5.75. The largest absolute Gasteiger partial charge is 0.458 e. The van der Waals surface area contributed by atoms with E-state index in [2.05, 4.69) is 13.5 Å². The van der Waals surface area contributed by atoms with Crippen molar-refractivity contribution in [1.29, 1.82) is 0 Å². The van der Waals surface area contributed by atoms with Gasteiger partial charge >= 0.3 is 5.97 Å². The first kappa shape index (κ1) is 18.6. The predicted molar refractivity (Wildman–Crippen MR) is 93.6 cm³/mol. The highest BCUT2D eigenvalue weighted by Gasteiger charge is 2.59. The van der Waals surface area contributed by atoms with Crippen molar-refractivity contribution in [2.75, 3.05) is 13.2 Å². The minimum Gasteiger partial charge on any atom is -0.458 e. The number of hydrogen-bond donors (Lipinski definition) is 3. The lowest BCUT2D eigenvalue weighted by atomic mass is 9.45. The van der Waals surface area contributed by atoms with Gasteiger partial charge in [-0.05, 0) is 43.1 Å². The molecule has 2 fully saturated rings. The highest BCUT2D eigenvalue weighted by atomic mass is 16.5. The highest BCUT2D eigenvalue weighted by molar-refractivity contribution is 5.90. The molecule has 0 amide bonds. The Balaban J connectivity index is 1.89. The molecule has 5 heteroatoms. The van der Waals surface area contributed by atoms with E-state index >= 15 is 0 Å². The zero-order chi connectivity index (χ0) is 18.4. The van der Waals surface area contributed by atoms with Crippen molar-refractivity contribution in [2.24, 2.45) is 22.7 Å². The van der Waals surface area contributed by atoms with Gasteiger partial charge in [0.15, 0.2) is 0 Å². The summed E-state index contributed by atoms with van der Waals surface area (Å²) in [7, 11) is 0. The van der Waals surface area contributed by atoms with Crippen LogP contribution in [-0.2, 0) is 9.53 Å². The first-order valence-electron chi connectivity index (χ1n) is 9.25. The molecule has 0 aromatic carbocycles. The molecule has 5 nitrogen and oxygen atoms in total. The monoisotopic (exact) mass is 350 g/mol. The Bertz CT molecular complexity index is 597. The second kappa shape index (κ2) is 6.53. The van der Waals surface area contributed by atoms with E-state index in [0.29, 0.717) is 12.0 Å². The minimum atomic E-state index is -0.713. The van der Waals surface area contributed by atoms with Crippen LogP contribution >= 0.6 is 0 Å². The summed E-state index contributed by atoms with van der Waals surface area (Å²) >= 11 is 0. The Morgan fingerprint density at radius 3 is 2.72 bits per heavy atom. The fourth-order valence-electron chi connectivity index (χ4n) is 5.75. The summed E-state index contributed by atoms with van der Waals surface area (Å²) in [6.07, 6.45) is 3.76. The third kappa shape index (κ3) is 2.86. The van der Waals surface area contributed by atoms with Crippen molar-refractivity contribution < 1.29 is 24.9 Å². The van der Waals surface area contributed by atoms with Gasteiger partial charge in [0.25, 0.3) is 0 Å². The Morgan fingerprint density at radius 1 is 1.40 bits per heavy atom. The van der Waals surface area contributed by atoms with E-state index in [1.54, 1.807) is 6.08 Å².